The average Bonchev–Trinajstić information content (AvgIpc) is 2.89. The van der Waals surface area contributed by atoms with Crippen molar-refractivity contribution in [3.63, 3.8) is 0 Å². The van der Waals surface area contributed by atoms with Gasteiger partial charge in [0.1, 0.15) is 5.75 Å². The van der Waals surface area contributed by atoms with Crippen LogP contribution in [0.5, 0.6) is 5.75 Å². The zero-order valence-electron chi connectivity index (χ0n) is 17.8. The van der Waals surface area contributed by atoms with E-state index in [1.165, 1.54) is 0 Å². The van der Waals surface area contributed by atoms with Crippen molar-refractivity contribution in [1.29, 1.82) is 0 Å². The van der Waals surface area contributed by atoms with Gasteiger partial charge in [0.25, 0.3) is 0 Å². The van der Waals surface area contributed by atoms with Crippen molar-refractivity contribution in [3.05, 3.63) is 29.0 Å². The van der Waals surface area contributed by atoms with Crippen LogP contribution in [0.4, 0.5) is 0 Å². The van der Waals surface area contributed by atoms with Gasteiger partial charge in [0.2, 0.25) is 5.91 Å². The highest BCUT2D eigenvalue weighted by atomic mass is 32.1. The summed E-state index contributed by atoms with van der Waals surface area (Å²) in [5.41, 5.74) is 0.710. The van der Waals surface area contributed by atoms with Gasteiger partial charge in [0.05, 0.1) is 20.3 Å². The van der Waals surface area contributed by atoms with Crippen LogP contribution in [0.3, 0.4) is 0 Å². The number of carbonyl (C=O) groups excluding carboxylic acids is 1. The molecule has 0 fully saturated rings. The first-order valence-electron chi connectivity index (χ1n) is 9.35. The highest BCUT2D eigenvalue weighted by Gasteiger charge is 2.18. The predicted molar refractivity (Wildman–Crippen MR) is 114 cm³/mol. The van der Waals surface area contributed by atoms with E-state index in [0.717, 1.165) is 17.1 Å². The smallest absolute Gasteiger partial charge is 0.234 e. The van der Waals surface area contributed by atoms with Crippen LogP contribution in [0.1, 0.15) is 40.7 Å². The fourth-order valence-corrected chi connectivity index (χ4v) is 3.29. The molecule has 1 aromatic heterocycles. The molecular weight excluding hydrogens is 374 g/mol. The lowest BCUT2D eigenvalue weighted by Crippen LogP contribution is -2.45. The second-order valence-corrected chi connectivity index (χ2v) is 8.62. The van der Waals surface area contributed by atoms with Gasteiger partial charge < -0.3 is 10.1 Å². The van der Waals surface area contributed by atoms with Crippen molar-refractivity contribution in [1.82, 2.24) is 24.6 Å². The molecule has 0 radical (unpaired) electrons. The number of amides is 1. The van der Waals surface area contributed by atoms with E-state index in [1.807, 2.05) is 61.6 Å². The average molecular weight is 406 g/mol. The lowest BCUT2D eigenvalue weighted by atomic mass is 10.1. The molecule has 2 rings (SSSR count). The van der Waals surface area contributed by atoms with Crippen LogP contribution < -0.4 is 10.1 Å². The summed E-state index contributed by atoms with van der Waals surface area (Å²) in [5, 5.41) is 7.71. The van der Waals surface area contributed by atoms with Crippen molar-refractivity contribution in [2.45, 2.75) is 52.9 Å². The van der Waals surface area contributed by atoms with Crippen LogP contribution >= 0.6 is 12.2 Å². The van der Waals surface area contributed by atoms with E-state index < -0.39 is 0 Å². The van der Waals surface area contributed by atoms with Crippen molar-refractivity contribution < 1.29 is 9.53 Å². The Morgan fingerprint density at radius 1 is 1.29 bits per heavy atom. The lowest BCUT2D eigenvalue weighted by molar-refractivity contribution is -0.123. The number of likely N-dealkylation sites (N-methyl/N-ethyl adjacent to an activating group) is 1. The van der Waals surface area contributed by atoms with E-state index in [0.29, 0.717) is 11.4 Å². The molecule has 0 aliphatic rings. The van der Waals surface area contributed by atoms with Crippen molar-refractivity contribution in [2.24, 2.45) is 0 Å². The van der Waals surface area contributed by atoms with Crippen molar-refractivity contribution in [2.75, 3.05) is 20.7 Å². The van der Waals surface area contributed by atoms with E-state index >= 15 is 0 Å². The Morgan fingerprint density at radius 3 is 2.39 bits per heavy atom. The van der Waals surface area contributed by atoms with Gasteiger partial charge >= 0.3 is 0 Å². The second kappa shape index (κ2) is 8.87. The first kappa shape index (κ1) is 22.1. The summed E-state index contributed by atoms with van der Waals surface area (Å²) in [6, 6.07) is 7.92. The Labute approximate surface area is 172 Å². The van der Waals surface area contributed by atoms with Crippen LogP contribution in [0.2, 0.25) is 0 Å². The fraction of sp³-hybridized carbons (Fsp3) is 0.550. The van der Waals surface area contributed by atoms with Crippen LogP contribution in [-0.4, -0.2) is 51.4 Å². The van der Waals surface area contributed by atoms with E-state index in [9.17, 15) is 4.79 Å². The Kier molecular flexibility index (Phi) is 7.01. The minimum Gasteiger partial charge on any atom is -0.497 e. The number of carbonyl (C=O) groups is 1. The normalized spacial score (nSPS) is 11.9. The van der Waals surface area contributed by atoms with Gasteiger partial charge in [0, 0.05) is 17.1 Å². The SMILES string of the molecule is COc1ccc(-c2nn(CN(C)CC(=O)NC(C)(C)C)c(=S)n2C(C)C)cc1. The molecule has 28 heavy (non-hydrogen) atoms. The van der Waals surface area contributed by atoms with Gasteiger partial charge in [0.15, 0.2) is 10.6 Å². The van der Waals surface area contributed by atoms with Crippen LogP contribution in [0.15, 0.2) is 24.3 Å². The molecule has 0 saturated carbocycles. The number of hydrogen-bond acceptors (Lipinski definition) is 5. The molecule has 1 amide bonds. The number of benzene rings is 1. The maximum absolute atomic E-state index is 12.2. The lowest BCUT2D eigenvalue weighted by Gasteiger charge is -2.23. The quantitative estimate of drug-likeness (QED) is 0.715. The van der Waals surface area contributed by atoms with E-state index in [1.54, 1.807) is 11.8 Å². The first-order valence-corrected chi connectivity index (χ1v) is 9.76. The van der Waals surface area contributed by atoms with Crippen molar-refractivity contribution >= 4 is 18.1 Å². The molecule has 1 N–H and O–H groups in total. The standard InChI is InChI=1S/C20H31N5O2S/c1-14(2)25-18(15-8-10-16(27-7)11-9-15)22-24(19(25)28)13-23(6)12-17(26)21-20(3,4)5/h8-11,14H,12-13H2,1-7H3,(H,21,26). The predicted octanol–water partition coefficient (Wildman–Crippen LogP) is 3.47. The van der Waals surface area contributed by atoms with Crippen LogP contribution in [0.25, 0.3) is 11.4 Å². The van der Waals surface area contributed by atoms with Crippen LogP contribution in [0, 0.1) is 4.77 Å². The number of rotatable bonds is 7. The fourth-order valence-electron chi connectivity index (χ4n) is 2.90. The highest BCUT2D eigenvalue weighted by Crippen LogP contribution is 2.24. The summed E-state index contributed by atoms with van der Waals surface area (Å²) < 4.78 is 9.66. The minimum absolute atomic E-state index is 0.0276. The number of nitrogens with zero attached hydrogens (tertiary/aromatic N) is 4. The molecule has 8 heteroatoms. The van der Waals surface area contributed by atoms with Gasteiger partial charge in [-0.25, -0.2) is 4.68 Å². The zero-order chi connectivity index (χ0) is 21.1. The molecule has 0 bridgehead atoms. The Morgan fingerprint density at radius 2 is 1.89 bits per heavy atom. The molecule has 0 aliphatic carbocycles. The molecule has 0 spiro atoms. The number of ether oxygens (including phenoxy) is 1. The summed E-state index contributed by atoms with van der Waals surface area (Å²) >= 11 is 5.67. The third kappa shape index (κ3) is 5.65. The van der Waals surface area contributed by atoms with E-state index in [4.69, 9.17) is 22.1 Å². The summed E-state index contributed by atoms with van der Waals surface area (Å²) in [6.45, 7) is 10.8. The molecule has 1 heterocycles. The first-order chi connectivity index (χ1) is 13.0. The Bertz CT molecular complexity index is 862. The molecule has 0 saturated heterocycles. The van der Waals surface area contributed by atoms with Gasteiger partial charge in [-0.05, 0) is 78.1 Å². The van der Waals surface area contributed by atoms with E-state index in [2.05, 4.69) is 19.2 Å². The molecule has 7 nitrogen and oxygen atoms in total. The Hall–Kier alpha value is -2.19. The van der Waals surface area contributed by atoms with Crippen LogP contribution in [-0.2, 0) is 11.5 Å². The number of nitrogens with one attached hydrogen (secondary N) is 1. The third-order valence-corrected chi connectivity index (χ3v) is 4.45. The largest absolute Gasteiger partial charge is 0.497 e. The summed E-state index contributed by atoms with van der Waals surface area (Å²) in [4.78, 5) is 14.1. The summed E-state index contributed by atoms with van der Waals surface area (Å²) in [5.74, 6) is 1.57. The second-order valence-electron chi connectivity index (χ2n) is 8.25. The summed E-state index contributed by atoms with van der Waals surface area (Å²) in [7, 11) is 3.52. The van der Waals surface area contributed by atoms with E-state index in [-0.39, 0.29) is 24.0 Å². The molecule has 154 valence electrons. The van der Waals surface area contributed by atoms with Gasteiger partial charge in [-0.15, -0.1) is 0 Å². The number of methoxy groups -OCH3 is 1. The minimum atomic E-state index is -0.255. The maximum atomic E-state index is 12.2. The highest BCUT2D eigenvalue weighted by molar-refractivity contribution is 7.71. The third-order valence-electron chi connectivity index (χ3n) is 4.04. The Balaban J connectivity index is 2.26. The van der Waals surface area contributed by atoms with Gasteiger partial charge in [-0.1, -0.05) is 0 Å². The topological polar surface area (TPSA) is 64.3 Å². The monoisotopic (exact) mass is 405 g/mol. The molecule has 0 aliphatic heterocycles. The van der Waals surface area contributed by atoms with Crippen molar-refractivity contribution in [3.8, 4) is 17.1 Å². The van der Waals surface area contributed by atoms with Gasteiger partial charge in [-0.3, -0.25) is 14.3 Å². The molecular formula is C20H31N5O2S. The number of aromatic nitrogens is 3. The summed E-state index contributed by atoms with van der Waals surface area (Å²) in [6.07, 6.45) is 0. The molecule has 1 aromatic carbocycles. The number of hydrogen-bond donors (Lipinski definition) is 1. The molecule has 2 aromatic rings. The molecule has 0 atom stereocenters. The zero-order valence-corrected chi connectivity index (χ0v) is 18.6. The molecule has 0 unspecified atom stereocenters. The van der Waals surface area contributed by atoms with Gasteiger partial charge in [-0.2, -0.15) is 5.10 Å². The maximum Gasteiger partial charge on any atom is 0.234 e.